The fraction of sp³-hybridized carbons (Fsp3) is 0.424. The van der Waals surface area contributed by atoms with Crippen molar-refractivity contribution in [3.05, 3.63) is 88.2 Å². The summed E-state index contributed by atoms with van der Waals surface area (Å²) in [4.78, 5) is 20.5. The highest BCUT2D eigenvalue weighted by atomic mass is 16.3. The molecule has 1 N–H and O–H groups in total. The molecule has 0 saturated heterocycles. The lowest BCUT2D eigenvalue weighted by molar-refractivity contribution is -0.116. The molecule has 0 fully saturated rings. The molecule has 0 spiro atoms. The van der Waals surface area contributed by atoms with Crippen LogP contribution in [0.3, 0.4) is 0 Å². The van der Waals surface area contributed by atoms with E-state index in [0.717, 1.165) is 35.1 Å². The molecule has 0 aliphatic carbocycles. The molecule has 0 saturated carbocycles. The highest BCUT2D eigenvalue weighted by Crippen LogP contribution is 2.41. The first-order valence-corrected chi connectivity index (χ1v) is 13.6. The Balaban J connectivity index is 1.96. The average molecular weight is 499 g/mol. The van der Waals surface area contributed by atoms with E-state index in [1.54, 1.807) is 19.3 Å². The molecule has 0 atom stereocenters. The summed E-state index contributed by atoms with van der Waals surface area (Å²) >= 11 is 0. The van der Waals surface area contributed by atoms with Crippen molar-refractivity contribution in [2.45, 2.75) is 91.6 Å². The maximum atomic E-state index is 11.4. The molecule has 1 heterocycles. The number of ketones is 1. The molecule has 37 heavy (non-hydrogen) atoms. The Morgan fingerprint density at radius 1 is 0.865 bits per heavy atom. The number of aromatic nitrogens is 2. The number of carbonyl (C=O) groups is 1. The Labute approximate surface area is 222 Å². The Bertz CT molecular complexity index is 1250. The Hall–Kier alpha value is -3.11. The average Bonchev–Trinajstić information content (AvgIpc) is 2.89. The van der Waals surface area contributed by atoms with Gasteiger partial charge in [0.25, 0.3) is 0 Å². The van der Waals surface area contributed by atoms with Crippen LogP contribution in [0.15, 0.2) is 54.9 Å². The summed E-state index contributed by atoms with van der Waals surface area (Å²) in [6, 6.07) is 13.4. The molecule has 0 unspecified atom stereocenters. The lowest BCUT2D eigenvalue weighted by Gasteiger charge is -2.34. The lowest BCUT2D eigenvalue weighted by atomic mass is 9.69. The lowest BCUT2D eigenvalue weighted by Crippen LogP contribution is -2.26. The van der Waals surface area contributed by atoms with Gasteiger partial charge in [-0.2, -0.15) is 0 Å². The van der Waals surface area contributed by atoms with Crippen molar-refractivity contribution in [1.29, 1.82) is 0 Å². The van der Waals surface area contributed by atoms with E-state index in [2.05, 4.69) is 80.1 Å². The van der Waals surface area contributed by atoms with E-state index in [1.165, 1.54) is 16.7 Å². The maximum absolute atomic E-state index is 11.4. The summed E-state index contributed by atoms with van der Waals surface area (Å²) in [5.74, 6) is 0.788. The van der Waals surface area contributed by atoms with Gasteiger partial charge in [-0.1, -0.05) is 76.2 Å². The first-order valence-electron chi connectivity index (χ1n) is 13.6. The van der Waals surface area contributed by atoms with Crippen LogP contribution in [0.2, 0.25) is 0 Å². The first-order chi connectivity index (χ1) is 17.6. The molecule has 0 bridgehead atoms. The monoisotopic (exact) mass is 498 g/mol. The van der Waals surface area contributed by atoms with Gasteiger partial charge in [0.2, 0.25) is 0 Å². The van der Waals surface area contributed by atoms with Gasteiger partial charge in [-0.15, -0.1) is 0 Å². The minimum Gasteiger partial charge on any atom is -0.386 e. The molecular weight excluding hydrogens is 456 g/mol. The van der Waals surface area contributed by atoms with Crippen LogP contribution in [0.4, 0.5) is 0 Å². The minimum absolute atomic E-state index is 0.101. The van der Waals surface area contributed by atoms with Crippen molar-refractivity contribution in [2.24, 2.45) is 0 Å². The van der Waals surface area contributed by atoms with Crippen LogP contribution in [-0.2, 0) is 16.6 Å². The van der Waals surface area contributed by atoms with Crippen LogP contribution in [0, 0.1) is 13.8 Å². The summed E-state index contributed by atoms with van der Waals surface area (Å²) in [6.45, 7) is 14.4. The van der Waals surface area contributed by atoms with Gasteiger partial charge in [0.1, 0.15) is 5.78 Å². The van der Waals surface area contributed by atoms with Crippen molar-refractivity contribution in [3.8, 4) is 11.4 Å². The normalized spacial score (nSPS) is 12.3. The Morgan fingerprint density at radius 3 is 1.92 bits per heavy atom. The number of Topliss-reactive ketones (excluding diaryl/α,β-unsaturated/α-hetero) is 1. The summed E-state index contributed by atoms with van der Waals surface area (Å²) < 4.78 is 0. The van der Waals surface area contributed by atoms with E-state index < -0.39 is 5.60 Å². The SMILES string of the molecule is CCC(O)(/C=C/c1ccc(C(CC)(CC)c2ccc(-c3ncc(CC(C)=O)cn3)c(C)c2)cc1C)CC. The molecule has 4 nitrogen and oxygen atoms in total. The van der Waals surface area contributed by atoms with Crippen molar-refractivity contribution < 1.29 is 9.90 Å². The van der Waals surface area contributed by atoms with Gasteiger partial charge in [-0.25, -0.2) is 9.97 Å². The van der Waals surface area contributed by atoms with Crippen LogP contribution >= 0.6 is 0 Å². The molecule has 2 aromatic carbocycles. The van der Waals surface area contributed by atoms with Crippen LogP contribution in [0.5, 0.6) is 0 Å². The van der Waals surface area contributed by atoms with Gasteiger partial charge < -0.3 is 5.11 Å². The van der Waals surface area contributed by atoms with E-state index in [4.69, 9.17) is 0 Å². The smallest absolute Gasteiger partial charge is 0.159 e. The molecular formula is C33H42N2O2. The van der Waals surface area contributed by atoms with Gasteiger partial charge in [0.05, 0.1) is 5.60 Å². The second kappa shape index (κ2) is 12.0. The number of rotatable bonds is 11. The first kappa shape index (κ1) is 28.5. The standard InChI is InChI=1S/C33H42N2O2/c1-8-32(37,9-2)17-16-27-12-13-28(18-23(27)5)33(10-3,11-4)29-14-15-30(24(6)19-29)31-34-21-26(22-35-31)20-25(7)36/h12-19,21-22,37H,8-11,20H2,1-7H3/b17-16+. The third-order valence-electron chi connectivity index (χ3n) is 8.01. The van der Waals surface area contributed by atoms with Gasteiger partial charge in [0, 0.05) is 29.8 Å². The van der Waals surface area contributed by atoms with Crippen LogP contribution in [-0.4, -0.2) is 26.5 Å². The van der Waals surface area contributed by atoms with E-state index >= 15 is 0 Å². The predicted molar refractivity (Wildman–Crippen MR) is 154 cm³/mol. The van der Waals surface area contributed by atoms with Crippen molar-refractivity contribution in [2.75, 3.05) is 0 Å². The molecule has 4 heteroatoms. The highest BCUT2D eigenvalue weighted by molar-refractivity contribution is 5.78. The van der Waals surface area contributed by atoms with Crippen molar-refractivity contribution in [1.82, 2.24) is 9.97 Å². The predicted octanol–water partition coefficient (Wildman–Crippen LogP) is 7.56. The van der Waals surface area contributed by atoms with Gasteiger partial charge in [0.15, 0.2) is 5.82 Å². The molecule has 0 aliphatic heterocycles. The topological polar surface area (TPSA) is 63.1 Å². The van der Waals surface area contributed by atoms with E-state index in [0.29, 0.717) is 25.1 Å². The van der Waals surface area contributed by atoms with Gasteiger partial charge >= 0.3 is 0 Å². The third-order valence-corrected chi connectivity index (χ3v) is 8.01. The zero-order chi connectivity index (χ0) is 27.2. The zero-order valence-electron chi connectivity index (χ0n) is 23.6. The fourth-order valence-corrected chi connectivity index (χ4v) is 5.21. The maximum Gasteiger partial charge on any atom is 0.159 e. The molecule has 3 rings (SSSR count). The number of aryl methyl sites for hydroxylation is 2. The van der Waals surface area contributed by atoms with E-state index in [9.17, 15) is 9.90 Å². The van der Waals surface area contributed by atoms with Gasteiger partial charge in [-0.05, 0) is 79.8 Å². The second-order valence-electron chi connectivity index (χ2n) is 10.3. The van der Waals surface area contributed by atoms with Crippen molar-refractivity contribution >= 4 is 11.9 Å². The summed E-state index contributed by atoms with van der Waals surface area (Å²) in [5, 5.41) is 10.7. The van der Waals surface area contributed by atoms with E-state index in [1.807, 2.05) is 19.9 Å². The fourth-order valence-electron chi connectivity index (χ4n) is 5.21. The number of hydrogen-bond acceptors (Lipinski definition) is 4. The summed E-state index contributed by atoms with van der Waals surface area (Å²) in [7, 11) is 0. The Morgan fingerprint density at radius 2 is 1.43 bits per heavy atom. The highest BCUT2D eigenvalue weighted by Gasteiger charge is 2.31. The van der Waals surface area contributed by atoms with Crippen LogP contribution in [0.1, 0.15) is 93.7 Å². The second-order valence-corrected chi connectivity index (χ2v) is 10.3. The van der Waals surface area contributed by atoms with E-state index in [-0.39, 0.29) is 11.2 Å². The quantitative estimate of drug-likeness (QED) is 0.296. The number of carbonyl (C=O) groups excluding carboxylic acids is 1. The molecule has 1 aromatic heterocycles. The largest absolute Gasteiger partial charge is 0.386 e. The third kappa shape index (κ3) is 6.24. The number of hydrogen-bond donors (Lipinski definition) is 1. The molecule has 0 amide bonds. The zero-order valence-corrected chi connectivity index (χ0v) is 23.6. The number of benzene rings is 2. The number of aliphatic hydroxyl groups is 1. The molecule has 3 aromatic rings. The number of nitrogens with zero attached hydrogens (tertiary/aromatic N) is 2. The molecule has 0 radical (unpaired) electrons. The Kier molecular flexibility index (Phi) is 9.20. The molecule has 0 aliphatic rings. The summed E-state index contributed by atoms with van der Waals surface area (Å²) in [6.07, 6.45) is 11.2. The van der Waals surface area contributed by atoms with Crippen LogP contribution < -0.4 is 0 Å². The van der Waals surface area contributed by atoms with Crippen molar-refractivity contribution in [3.63, 3.8) is 0 Å². The van der Waals surface area contributed by atoms with Crippen LogP contribution in [0.25, 0.3) is 17.5 Å². The summed E-state index contributed by atoms with van der Waals surface area (Å²) in [5.41, 5.74) is 7.08. The van der Waals surface area contributed by atoms with Gasteiger partial charge in [-0.3, -0.25) is 4.79 Å². The molecule has 196 valence electrons. The minimum atomic E-state index is -0.752.